The molecule has 6 nitrogen and oxygen atoms in total. The molecule has 1 amide bonds. The summed E-state index contributed by atoms with van der Waals surface area (Å²) in [7, 11) is 0. The Morgan fingerprint density at radius 3 is 2.59 bits per heavy atom. The van der Waals surface area contributed by atoms with Gasteiger partial charge in [0, 0.05) is 31.0 Å². The molecule has 0 fully saturated rings. The maximum Gasteiger partial charge on any atom is 0.435 e. The highest BCUT2D eigenvalue weighted by atomic mass is 19.4. The van der Waals surface area contributed by atoms with E-state index in [-0.39, 0.29) is 13.1 Å². The number of nitrogens with one attached hydrogen (secondary N) is 1. The van der Waals surface area contributed by atoms with Crippen LogP contribution in [-0.4, -0.2) is 25.5 Å². The minimum Gasteiger partial charge on any atom is -0.350 e. The molecule has 0 aliphatic heterocycles. The van der Waals surface area contributed by atoms with Crippen LogP contribution in [0, 0.1) is 6.92 Å². The number of nitrogens with zero attached hydrogens (tertiary/aromatic N) is 4. The second kappa shape index (κ2) is 6.20. The van der Waals surface area contributed by atoms with Gasteiger partial charge in [-0.15, -0.1) is 0 Å². The van der Waals surface area contributed by atoms with E-state index < -0.39 is 17.8 Å². The fourth-order valence-electron chi connectivity index (χ4n) is 1.89. The molecule has 0 radical (unpaired) electrons. The highest BCUT2D eigenvalue weighted by Crippen LogP contribution is 2.27. The minimum absolute atomic E-state index is 0.267. The molecule has 2 heterocycles. The molecule has 0 aliphatic rings. The molecule has 0 spiro atoms. The zero-order valence-electron chi connectivity index (χ0n) is 12.2. The average Bonchev–Trinajstić information content (AvgIpc) is 3.02. The molecule has 9 heteroatoms. The monoisotopic (exact) mass is 315 g/mol. The molecule has 22 heavy (non-hydrogen) atoms. The molecular weight excluding hydrogens is 299 g/mol. The largest absolute Gasteiger partial charge is 0.435 e. The van der Waals surface area contributed by atoms with Crippen LogP contribution in [0.25, 0.3) is 0 Å². The Morgan fingerprint density at radius 1 is 1.32 bits per heavy atom. The molecule has 120 valence electrons. The van der Waals surface area contributed by atoms with E-state index in [1.807, 2.05) is 20.0 Å². The van der Waals surface area contributed by atoms with Gasteiger partial charge in [-0.2, -0.15) is 23.4 Å². The maximum absolute atomic E-state index is 12.4. The molecule has 2 aromatic heterocycles. The van der Waals surface area contributed by atoms with Gasteiger partial charge in [0.25, 0.3) is 0 Å². The standard InChI is InChI=1S/C13H16F3N5O/c1-3-20-7-10(9(2)18-20)6-17-12(22)8-21-5-4-11(19-21)13(14,15)16/h4-5,7H,3,6,8H2,1-2H3,(H,17,22). The van der Waals surface area contributed by atoms with Crippen molar-refractivity contribution in [2.45, 2.75) is 39.7 Å². The summed E-state index contributed by atoms with van der Waals surface area (Å²) >= 11 is 0. The Labute approximate surface area is 124 Å². The second-order valence-electron chi connectivity index (χ2n) is 4.77. The quantitative estimate of drug-likeness (QED) is 0.914. The predicted octanol–water partition coefficient (Wildman–Crippen LogP) is 1.74. The van der Waals surface area contributed by atoms with Crippen LogP contribution in [0.3, 0.4) is 0 Å². The van der Waals surface area contributed by atoms with Gasteiger partial charge in [-0.25, -0.2) is 0 Å². The Morgan fingerprint density at radius 2 is 2.05 bits per heavy atom. The molecule has 0 bridgehead atoms. The molecule has 2 rings (SSSR count). The lowest BCUT2D eigenvalue weighted by molar-refractivity contribution is -0.141. The Hall–Kier alpha value is -2.32. The Kier molecular flexibility index (Phi) is 4.53. The van der Waals surface area contributed by atoms with Crippen LogP contribution in [0.2, 0.25) is 0 Å². The van der Waals surface area contributed by atoms with Gasteiger partial charge in [0.05, 0.1) is 5.69 Å². The van der Waals surface area contributed by atoms with Crippen molar-refractivity contribution in [3.63, 3.8) is 0 Å². The summed E-state index contributed by atoms with van der Waals surface area (Å²) in [5, 5.41) is 10.2. The number of hydrogen-bond acceptors (Lipinski definition) is 3. The van der Waals surface area contributed by atoms with E-state index in [1.54, 1.807) is 4.68 Å². The molecular formula is C13H16F3N5O. The first kappa shape index (κ1) is 16.1. The van der Waals surface area contributed by atoms with Crippen LogP contribution >= 0.6 is 0 Å². The number of aryl methyl sites for hydroxylation is 2. The number of amides is 1. The topological polar surface area (TPSA) is 64.7 Å². The van der Waals surface area contributed by atoms with Crippen molar-refractivity contribution < 1.29 is 18.0 Å². The molecule has 2 aromatic rings. The average molecular weight is 315 g/mol. The fraction of sp³-hybridized carbons (Fsp3) is 0.462. The van der Waals surface area contributed by atoms with Crippen molar-refractivity contribution in [2.24, 2.45) is 0 Å². The van der Waals surface area contributed by atoms with Gasteiger partial charge in [-0.3, -0.25) is 14.2 Å². The summed E-state index contributed by atoms with van der Waals surface area (Å²) in [6.45, 7) is 4.51. The zero-order chi connectivity index (χ0) is 16.3. The van der Waals surface area contributed by atoms with Crippen LogP contribution in [0.15, 0.2) is 18.5 Å². The van der Waals surface area contributed by atoms with Gasteiger partial charge in [0.2, 0.25) is 5.91 Å². The maximum atomic E-state index is 12.4. The molecule has 1 N–H and O–H groups in total. The second-order valence-corrected chi connectivity index (χ2v) is 4.77. The highest BCUT2D eigenvalue weighted by Gasteiger charge is 2.33. The van der Waals surface area contributed by atoms with Crippen molar-refractivity contribution in [3.8, 4) is 0 Å². The number of carbonyl (C=O) groups is 1. The van der Waals surface area contributed by atoms with Gasteiger partial charge in [0.15, 0.2) is 5.69 Å². The van der Waals surface area contributed by atoms with Gasteiger partial charge >= 0.3 is 6.18 Å². The normalized spacial score (nSPS) is 11.7. The summed E-state index contributed by atoms with van der Waals surface area (Å²) in [5.41, 5.74) is 0.660. The Balaban J connectivity index is 1.90. The molecule has 0 atom stereocenters. The van der Waals surface area contributed by atoms with Crippen molar-refractivity contribution in [2.75, 3.05) is 0 Å². The zero-order valence-corrected chi connectivity index (χ0v) is 12.2. The van der Waals surface area contributed by atoms with Crippen molar-refractivity contribution in [3.05, 3.63) is 35.4 Å². The van der Waals surface area contributed by atoms with E-state index in [1.165, 1.54) is 0 Å². The summed E-state index contributed by atoms with van der Waals surface area (Å²) in [4.78, 5) is 11.8. The Bertz CT molecular complexity index is 659. The van der Waals surface area contributed by atoms with E-state index in [0.29, 0.717) is 0 Å². The van der Waals surface area contributed by atoms with E-state index in [4.69, 9.17) is 0 Å². The first-order valence-electron chi connectivity index (χ1n) is 6.70. The van der Waals surface area contributed by atoms with Crippen LogP contribution < -0.4 is 5.32 Å². The first-order chi connectivity index (χ1) is 10.3. The van der Waals surface area contributed by atoms with Crippen molar-refractivity contribution in [1.29, 1.82) is 0 Å². The number of halogens is 3. The van der Waals surface area contributed by atoms with Crippen LogP contribution in [0.5, 0.6) is 0 Å². The van der Waals surface area contributed by atoms with Crippen LogP contribution in [-0.2, 0) is 30.6 Å². The summed E-state index contributed by atoms with van der Waals surface area (Å²) in [6, 6.07) is 0.836. The van der Waals surface area contributed by atoms with Crippen molar-refractivity contribution >= 4 is 5.91 Å². The van der Waals surface area contributed by atoms with Gasteiger partial charge < -0.3 is 5.32 Å². The van der Waals surface area contributed by atoms with Gasteiger partial charge in [-0.1, -0.05) is 0 Å². The van der Waals surface area contributed by atoms with E-state index in [2.05, 4.69) is 15.5 Å². The first-order valence-corrected chi connectivity index (χ1v) is 6.70. The van der Waals surface area contributed by atoms with E-state index in [0.717, 1.165) is 34.7 Å². The van der Waals surface area contributed by atoms with E-state index >= 15 is 0 Å². The van der Waals surface area contributed by atoms with Crippen LogP contribution in [0.1, 0.15) is 23.9 Å². The highest BCUT2D eigenvalue weighted by molar-refractivity contribution is 5.75. The summed E-state index contributed by atoms with van der Waals surface area (Å²) < 4.78 is 39.9. The minimum atomic E-state index is -4.51. The summed E-state index contributed by atoms with van der Waals surface area (Å²) in [6.07, 6.45) is -1.55. The SMILES string of the molecule is CCn1cc(CNC(=O)Cn2ccc(C(F)(F)F)n2)c(C)n1. The third-order valence-electron chi connectivity index (χ3n) is 3.08. The lowest BCUT2D eigenvalue weighted by Crippen LogP contribution is -2.27. The fourth-order valence-corrected chi connectivity index (χ4v) is 1.89. The van der Waals surface area contributed by atoms with Crippen LogP contribution in [0.4, 0.5) is 13.2 Å². The smallest absolute Gasteiger partial charge is 0.350 e. The van der Waals surface area contributed by atoms with E-state index in [9.17, 15) is 18.0 Å². The van der Waals surface area contributed by atoms with Gasteiger partial charge in [-0.05, 0) is 19.9 Å². The lowest BCUT2D eigenvalue weighted by atomic mass is 10.2. The van der Waals surface area contributed by atoms with Crippen molar-refractivity contribution in [1.82, 2.24) is 24.9 Å². The number of rotatable bonds is 5. The number of alkyl halides is 3. The third kappa shape index (κ3) is 3.86. The van der Waals surface area contributed by atoms with Gasteiger partial charge in [0.1, 0.15) is 6.54 Å². The lowest BCUT2D eigenvalue weighted by Gasteiger charge is -2.05. The molecule has 0 aromatic carbocycles. The molecule has 0 unspecified atom stereocenters. The predicted molar refractivity (Wildman–Crippen MR) is 71.7 cm³/mol. The molecule has 0 aliphatic carbocycles. The number of aromatic nitrogens is 4. The number of hydrogen-bond donors (Lipinski definition) is 1. The third-order valence-corrected chi connectivity index (χ3v) is 3.08. The molecule has 0 saturated carbocycles. The summed E-state index contributed by atoms with van der Waals surface area (Å²) in [5.74, 6) is -0.416. The molecule has 0 saturated heterocycles. The number of carbonyl (C=O) groups excluding carboxylic acids is 1.